The average molecular weight is 393 g/mol. The van der Waals surface area contributed by atoms with Gasteiger partial charge in [0, 0.05) is 30.3 Å². The zero-order valence-corrected chi connectivity index (χ0v) is 16.9. The van der Waals surface area contributed by atoms with Crippen molar-refractivity contribution in [2.75, 3.05) is 11.5 Å². The number of nitrogens with one attached hydrogen (secondary N) is 1. The summed E-state index contributed by atoms with van der Waals surface area (Å²) in [5.74, 6) is 0.860. The highest BCUT2D eigenvalue weighted by Crippen LogP contribution is 2.41. The van der Waals surface area contributed by atoms with E-state index in [-0.39, 0.29) is 12.1 Å². The molecule has 0 unspecified atom stereocenters. The van der Waals surface area contributed by atoms with Crippen molar-refractivity contribution in [1.29, 1.82) is 0 Å². The zero-order chi connectivity index (χ0) is 19.5. The van der Waals surface area contributed by atoms with E-state index in [1.165, 1.54) is 5.69 Å². The lowest BCUT2D eigenvalue weighted by Gasteiger charge is -2.29. The largest absolute Gasteiger partial charge is 0.494 e. The van der Waals surface area contributed by atoms with Crippen molar-refractivity contribution >= 4 is 23.0 Å². The molecule has 1 aromatic carbocycles. The van der Waals surface area contributed by atoms with Crippen molar-refractivity contribution < 1.29 is 4.74 Å². The molecule has 1 fully saturated rings. The number of hydrogen-bond acceptors (Lipinski definition) is 3. The first-order valence-corrected chi connectivity index (χ1v) is 10.0. The van der Waals surface area contributed by atoms with Crippen LogP contribution in [0.25, 0.3) is 0 Å². The van der Waals surface area contributed by atoms with Gasteiger partial charge in [-0.1, -0.05) is 6.07 Å². The van der Waals surface area contributed by atoms with Gasteiger partial charge in [0.05, 0.1) is 18.3 Å². The standard InChI is InChI=1S/C22H24N4OS/c1-3-25-15-7-9-19(25)21-20(18-8-5-6-14-23-18)24-22(28)26(21)16-10-12-17(13-11-16)27-4-2/h5-15,20-21H,3-4H2,1-2H3,(H,24,28)/t20-,21+/m1/s1. The van der Waals surface area contributed by atoms with Gasteiger partial charge in [-0.3, -0.25) is 4.98 Å². The average Bonchev–Trinajstić information content (AvgIpc) is 3.33. The van der Waals surface area contributed by atoms with Crippen LogP contribution in [0.4, 0.5) is 5.69 Å². The second-order valence-corrected chi connectivity index (χ2v) is 7.03. The maximum absolute atomic E-state index is 5.76. The van der Waals surface area contributed by atoms with E-state index in [0.29, 0.717) is 11.7 Å². The minimum absolute atomic E-state index is 0.00953. The Bertz CT molecular complexity index is 939. The highest BCUT2D eigenvalue weighted by Gasteiger charge is 2.41. The summed E-state index contributed by atoms with van der Waals surface area (Å²) in [7, 11) is 0. The molecule has 1 saturated heterocycles. The Morgan fingerprint density at radius 2 is 1.89 bits per heavy atom. The third-order valence-electron chi connectivity index (χ3n) is 5.03. The fraction of sp³-hybridized carbons (Fsp3) is 0.273. The molecular formula is C22H24N4OS. The van der Waals surface area contributed by atoms with Crippen LogP contribution in [0.2, 0.25) is 0 Å². The van der Waals surface area contributed by atoms with Crippen LogP contribution in [0.1, 0.15) is 37.3 Å². The predicted octanol–water partition coefficient (Wildman–Crippen LogP) is 4.48. The van der Waals surface area contributed by atoms with Gasteiger partial charge in [0.25, 0.3) is 0 Å². The fourth-order valence-corrected chi connectivity index (χ4v) is 4.13. The van der Waals surface area contributed by atoms with E-state index in [2.05, 4.69) is 57.2 Å². The van der Waals surface area contributed by atoms with Crippen LogP contribution in [0, 0.1) is 0 Å². The molecule has 0 amide bonds. The summed E-state index contributed by atoms with van der Waals surface area (Å²) in [5, 5.41) is 4.20. The highest BCUT2D eigenvalue weighted by molar-refractivity contribution is 7.80. The molecule has 5 nitrogen and oxygen atoms in total. The smallest absolute Gasteiger partial charge is 0.174 e. The normalized spacial score (nSPS) is 18.9. The monoisotopic (exact) mass is 392 g/mol. The molecule has 4 rings (SSSR count). The summed E-state index contributed by atoms with van der Waals surface area (Å²) in [6.07, 6.45) is 3.94. The van der Waals surface area contributed by atoms with E-state index >= 15 is 0 Å². The van der Waals surface area contributed by atoms with E-state index in [1.807, 2.05) is 43.5 Å². The first kappa shape index (κ1) is 18.5. The summed E-state index contributed by atoms with van der Waals surface area (Å²) in [5.41, 5.74) is 3.22. The minimum Gasteiger partial charge on any atom is -0.494 e. The number of thiocarbonyl (C=S) groups is 1. The van der Waals surface area contributed by atoms with E-state index in [9.17, 15) is 0 Å². The SMILES string of the molecule is CCOc1ccc(N2C(=S)N[C@H](c3ccccn3)[C@@H]2c2cccn2CC)cc1. The van der Waals surface area contributed by atoms with Gasteiger partial charge in [0.2, 0.25) is 0 Å². The molecule has 0 spiro atoms. The maximum atomic E-state index is 5.76. The maximum Gasteiger partial charge on any atom is 0.174 e. The number of aromatic nitrogens is 2. The van der Waals surface area contributed by atoms with Gasteiger partial charge in [-0.05, 0) is 74.6 Å². The quantitative estimate of drug-likeness (QED) is 0.627. The number of aryl methyl sites for hydroxylation is 1. The van der Waals surface area contributed by atoms with E-state index in [1.54, 1.807) is 0 Å². The molecule has 2 atom stereocenters. The number of pyridine rings is 1. The van der Waals surface area contributed by atoms with Crippen molar-refractivity contribution in [3.63, 3.8) is 0 Å². The van der Waals surface area contributed by atoms with Crippen LogP contribution in [0.15, 0.2) is 67.0 Å². The van der Waals surface area contributed by atoms with E-state index < -0.39 is 0 Å². The molecule has 3 aromatic rings. The number of nitrogens with zero attached hydrogens (tertiary/aromatic N) is 3. The number of ether oxygens (including phenoxy) is 1. The second-order valence-electron chi connectivity index (χ2n) is 6.64. The molecule has 144 valence electrons. The predicted molar refractivity (Wildman–Crippen MR) is 116 cm³/mol. The van der Waals surface area contributed by atoms with Crippen molar-refractivity contribution in [2.45, 2.75) is 32.5 Å². The second kappa shape index (κ2) is 8.02. The van der Waals surface area contributed by atoms with Crippen LogP contribution < -0.4 is 15.0 Å². The van der Waals surface area contributed by atoms with Crippen LogP contribution in [0.3, 0.4) is 0 Å². The van der Waals surface area contributed by atoms with E-state index in [0.717, 1.165) is 23.7 Å². The number of hydrogen-bond donors (Lipinski definition) is 1. The van der Waals surface area contributed by atoms with Crippen molar-refractivity contribution in [3.8, 4) is 5.75 Å². The third-order valence-corrected chi connectivity index (χ3v) is 5.35. The first-order valence-electron chi connectivity index (χ1n) is 9.61. The molecule has 0 bridgehead atoms. The summed E-state index contributed by atoms with van der Waals surface area (Å²) < 4.78 is 7.86. The molecular weight excluding hydrogens is 368 g/mol. The Morgan fingerprint density at radius 1 is 1.07 bits per heavy atom. The van der Waals surface area contributed by atoms with Gasteiger partial charge in [-0.25, -0.2) is 0 Å². The summed E-state index contributed by atoms with van der Waals surface area (Å²) >= 11 is 5.76. The van der Waals surface area contributed by atoms with Crippen molar-refractivity contribution in [1.82, 2.24) is 14.9 Å². The molecule has 2 aromatic heterocycles. The number of benzene rings is 1. The Kier molecular flexibility index (Phi) is 5.30. The Labute approximate surface area is 171 Å². The van der Waals surface area contributed by atoms with Crippen LogP contribution in [-0.2, 0) is 6.54 Å². The molecule has 3 heterocycles. The Balaban J connectivity index is 1.78. The van der Waals surface area contributed by atoms with Gasteiger partial charge in [0.15, 0.2) is 5.11 Å². The van der Waals surface area contributed by atoms with E-state index in [4.69, 9.17) is 17.0 Å². The fourth-order valence-electron chi connectivity index (χ4n) is 3.79. The minimum atomic E-state index is -0.0273. The van der Waals surface area contributed by atoms with Gasteiger partial charge >= 0.3 is 0 Å². The van der Waals surface area contributed by atoms with Gasteiger partial charge < -0.3 is 19.5 Å². The molecule has 0 radical (unpaired) electrons. The van der Waals surface area contributed by atoms with Gasteiger partial charge in [-0.2, -0.15) is 0 Å². The Hall–Kier alpha value is -2.86. The molecule has 1 aliphatic heterocycles. The van der Waals surface area contributed by atoms with Gasteiger partial charge in [-0.15, -0.1) is 0 Å². The first-order chi connectivity index (χ1) is 13.7. The summed E-state index contributed by atoms with van der Waals surface area (Å²) in [6.45, 7) is 5.69. The third kappa shape index (κ3) is 3.36. The van der Waals surface area contributed by atoms with Crippen LogP contribution in [-0.4, -0.2) is 21.3 Å². The molecule has 1 N–H and O–H groups in total. The molecule has 28 heavy (non-hydrogen) atoms. The van der Waals surface area contributed by atoms with Crippen molar-refractivity contribution in [2.24, 2.45) is 0 Å². The summed E-state index contributed by atoms with van der Waals surface area (Å²) in [4.78, 5) is 6.79. The lowest BCUT2D eigenvalue weighted by atomic mass is 10.0. The number of anilines is 1. The zero-order valence-electron chi connectivity index (χ0n) is 16.1. The number of rotatable bonds is 6. The molecule has 6 heteroatoms. The highest BCUT2D eigenvalue weighted by atomic mass is 32.1. The molecule has 0 saturated carbocycles. The van der Waals surface area contributed by atoms with Crippen LogP contribution in [0.5, 0.6) is 5.75 Å². The lowest BCUT2D eigenvalue weighted by molar-refractivity contribution is 0.340. The molecule has 1 aliphatic rings. The summed E-state index contributed by atoms with van der Waals surface area (Å²) in [6, 6.07) is 18.3. The lowest BCUT2D eigenvalue weighted by Crippen LogP contribution is -2.30. The van der Waals surface area contributed by atoms with Crippen molar-refractivity contribution in [3.05, 3.63) is 78.4 Å². The Morgan fingerprint density at radius 3 is 2.57 bits per heavy atom. The topological polar surface area (TPSA) is 42.3 Å². The van der Waals surface area contributed by atoms with Crippen LogP contribution >= 0.6 is 12.2 Å². The van der Waals surface area contributed by atoms with Gasteiger partial charge in [0.1, 0.15) is 11.8 Å². The molecule has 0 aliphatic carbocycles.